The third-order valence-corrected chi connectivity index (χ3v) is 5.23. The number of alkyl halides is 17. The molecule has 0 bridgehead atoms. The van der Waals surface area contributed by atoms with Crippen LogP contribution in [0.15, 0.2) is 18.2 Å². The second-order valence-corrected chi connectivity index (χ2v) is 8.01. The van der Waals surface area contributed by atoms with Gasteiger partial charge in [0.05, 0.1) is 0 Å². The molecule has 0 amide bonds. The number of hydrogen-bond acceptors (Lipinski definition) is 4. The fourth-order valence-corrected chi connectivity index (χ4v) is 2.75. The summed E-state index contributed by atoms with van der Waals surface area (Å²) in [4.78, 5) is 0. The molecule has 0 aromatic heterocycles. The number of rotatable bonds is 12. The van der Waals surface area contributed by atoms with Crippen LogP contribution in [0.25, 0.3) is 0 Å². The molecule has 1 aromatic carbocycles. The minimum absolute atomic E-state index is 0.114. The lowest BCUT2D eigenvalue weighted by molar-refractivity contribution is -0.461. The predicted molar refractivity (Wildman–Crippen MR) is 94.5 cm³/mol. The van der Waals surface area contributed by atoms with Gasteiger partial charge in [-0.2, -0.15) is 74.6 Å². The van der Waals surface area contributed by atoms with Crippen LogP contribution in [-0.2, 0) is 6.42 Å². The van der Waals surface area contributed by atoms with Crippen molar-refractivity contribution in [1.29, 1.82) is 0 Å². The highest BCUT2D eigenvalue weighted by molar-refractivity contribution is 5.40. The fraction of sp³-hybridized carbons (Fsp3) is 0.667. The zero-order valence-electron chi connectivity index (χ0n) is 18.4. The van der Waals surface area contributed by atoms with Crippen molar-refractivity contribution in [2.24, 2.45) is 5.84 Å². The normalized spacial score (nSPS) is 15.3. The van der Waals surface area contributed by atoms with Gasteiger partial charge in [0.2, 0.25) is 0 Å². The van der Waals surface area contributed by atoms with Gasteiger partial charge in [-0.1, -0.05) is 6.07 Å². The van der Waals surface area contributed by atoms with Gasteiger partial charge in [0.1, 0.15) is 0 Å². The molecule has 0 fully saturated rings. The number of hydrogen-bond donors (Lipinski definition) is 3. The smallest absolute Gasteiger partial charge is 0.460 e. The van der Waals surface area contributed by atoms with Crippen LogP contribution in [0.1, 0.15) is 12.0 Å². The van der Waals surface area contributed by atoms with Crippen LogP contribution in [0.5, 0.6) is 11.5 Å². The summed E-state index contributed by atoms with van der Waals surface area (Å²) < 4.78 is 225. The molecule has 0 aliphatic heterocycles. The number of nitrogens with zero attached hydrogens (tertiary/aromatic N) is 1. The van der Waals surface area contributed by atoms with E-state index in [0.717, 1.165) is 18.2 Å². The summed E-state index contributed by atoms with van der Waals surface area (Å²) in [6.07, 6.45) is -10.8. The quantitative estimate of drug-likeness (QED) is 0.113. The standard InChI is InChI=1S/C18H15F17N2O2/c19-11(20,4-6-37(36)5-3-8-1-2-9(38)10(39)7-8)12(21,22)13(23,24)14(25,26)15(27,28)16(29,30)17(31,32)18(33,34)35/h1-2,7,38-39H,3-6,36H2. The number of benzene rings is 1. The molecule has 0 heterocycles. The second-order valence-electron chi connectivity index (χ2n) is 8.01. The second kappa shape index (κ2) is 10.2. The Hall–Kier alpha value is -2.45. The first kappa shape index (κ1) is 34.6. The minimum Gasteiger partial charge on any atom is -0.504 e. The number of phenols is 2. The van der Waals surface area contributed by atoms with Crippen molar-refractivity contribution in [3.63, 3.8) is 0 Å². The van der Waals surface area contributed by atoms with Crippen molar-refractivity contribution in [3.8, 4) is 11.5 Å². The van der Waals surface area contributed by atoms with E-state index < -0.39 is 78.6 Å². The average Bonchev–Trinajstić information content (AvgIpc) is 2.76. The highest BCUT2D eigenvalue weighted by atomic mass is 19.4. The highest BCUT2D eigenvalue weighted by Gasteiger charge is 2.95. The van der Waals surface area contributed by atoms with Crippen LogP contribution in [-0.4, -0.2) is 75.9 Å². The first-order valence-electron chi connectivity index (χ1n) is 9.75. The maximum absolute atomic E-state index is 13.9. The van der Waals surface area contributed by atoms with Crippen molar-refractivity contribution >= 4 is 0 Å². The molecule has 0 atom stereocenters. The van der Waals surface area contributed by atoms with E-state index >= 15 is 0 Å². The molecule has 4 nitrogen and oxygen atoms in total. The van der Waals surface area contributed by atoms with E-state index in [-0.39, 0.29) is 17.0 Å². The van der Waals surface area contributed by atoms with E-state index in [0.29, 0.717) is 0 Å². The first-order valence-corrected chi connectivity index (χ1v) is 9.75. The van der Waals surface area contributed by atoms with Crippen molar-refractivity contribution in [2.75, 3.05) is 13.1 Å². The molecule has 39 heavy (non-hydrogen) atoms. The van der Waals surface area contributed by atoms with E-state index in [9.17, 15) is 79.7 Å². The zero-order chi connectivity index (χ0) is 31.3. The molecule has 0 spiro atoms. The van der Waals surface area contributed by atoms with Gasteiger partial charge in [-0.3, -0.25) is 5.84 Å². The SMILES string of the molecule is NN(CCc1ccc(O)c(O)c1)CCC(F)(F)C(F)(F)C(F)(F)C(F)(F)C(F)(F)C(F)(F)C(F)(F)C(F)(F)F. The molecular formula is C18H15F17N2O2. The largest absolute Gasteiger partial charge is 0.504 e. The number of nitrogens with two attached hydrogens (primary N) is 1. The Balaban J connectivity index is 3.20. The lowest BCUT2D eigenvalue weighted by Crippen LogP contribution is -2.74. The molecule has 1 aromatic rings. The average molecular weight is 614 g/mol. The zero-order valence-corrected chi connectivity index (χ0v) is 18.4. The van der Waals surface area contributed by atoms with Crippen molar-refractivity contribution < 1.29 is 84.9 Å². The number of hydrazine groups is 1. The van der Waals surface area contributed by atoms with Gasteiger partial charge < -0.3 is 10.2 Å². The van der Waals surface area contributed by atoms with Gasteiger partial charge in [-0.15, -0.1) is 0 Å². The lowest BCUT2D eigenvalue weighted by atomic mass is 9.88. The molecule has 0 aliphatic rings. The lowest BCUT2D eigenvalue weighted by Gasteiger charge is -2.43. The van der Waals surface area contributed by atoms with Crippen LogP contribution in [0.3, 0.4) is 0 Å². The topological polar surface area (TPSA) is 69.7 Å². The van der Waals surface area contributed by atoms with E-state index in [1.54, 1.807) is 0 Å². The van der Waals surface area contributed by atoms with Crippen LogP contribution in [0.4, 0.5) is 74.6 Å². The number of phenolic OH excluding ortho intramolecular Hbond substituents is 2. The molecule has 0 unspecified atom stereocenters. The van der Waals surface area contributed by atoms with Crippen LogP contribution in [0, 0.1) is 0 Å². The molecular weight excluding hydrogens is 599 g/mol. The Labute approximate surface area is 205 Å². The Bertz CT molecular complexity index is 1010. The van der Waals surface area contributed by atoms with Crippen molar-refractivity contribution in [2.45, 2.75) is 60.5 Å². The van der Waals surface area contributed by atoms with Gasteiger partial charge >= 0.3 is 47.6 Å². The molecule has 1 rings (SSSR count). The summed E-state index contributed by atoms with van der Waals surface area (Å²) in [5.74, 6) is -52.8. The maximum Gasteiger partial charge on any atom is 0.460 e. The van der Waals surface area contributed by atoms with Gasteiger partial charge in [-0.05, 0) is 24.1 Å². The van der Waals surface area contributed by atoms with Gasteiger partial charge in [-0.25, -0.2) is 5.01 Å². The van der Waals surface area contributed by atoms with E-state index in [2.05, 4.69) is 0 Å². The Morgan fingerprint density at radius 2 is 0.974 bits per heavy atom. The molecule has 0 saturated carbocycles. The summed E-state index contributed by atoms with van der Waals surface area (Å²) in [7, 11) is 0. The number of aromatic hydroxyl groups is 2. The molecule has 0 saturated heterocycles. The summed E-state index contributed by atoms with van der Waals surface area (Å²) in [6, 6.07) is 2.98. The third kappa shape index (κ3) is 5.60. The predicted octanol–water partition coefficient (Wildman–Crippen LogP) is 6.22. The van der Waals surface area contributed by atoms with E-state index in [1.807, 2.05) is 0 Å². The van der Waals surface area contributed by atoms with Crippen LogP contribution < -0.4 is 5.84 Å². The molecule has 228 valence electrons. The summed E-state index contributed by atoms with van der Waals surface area (Å²) in [6.45, 7) is -2.25. The highest BCUT2D eigenvalue weighted by Crippen LogP contribution is 2.64. The van der Waals surface area contributed by atoms with E-state index in [4.69, 9.17) is 10.9 Å². The summed E-state index contributed by atoms with van der Waals surface area (Å²) in [5, 5.41) is 18.6. The van der Waals surface area contributed by atoms with Crippen LogP contribution in [0.2, 0.25) is 0 Å². The third-order valence-electron chi connectivity index (χ3n) is 5.23. The fourth-order valence-electron chi connectivity index (χ4n) is 2.75. The van der Waals surface area contributed by atoms with Crippen molar-refractivity contribution in [1.82, 2.24) is 5.01 Å². The Kier molecular flexibility index (Phi) is 9.03. The maximum atomic E-state index is 13.9. The molecule has 21 heteroatoms. The van der Waals surface area contributed by atoms with Crippen LogP contribution >= 0.6 is 0 Å². The monoisotopic (exact) mass is 614 g/mol. The van der Waals surface area contributed by atoms with Gasteiger partial charge in [0.25, 0.3) is 0 Å². The first-order chi connectivity index (χ1) is 17.0. The number of halogens is 17. The van der Waals surface area contributed by atoms with Crippen molar-refractivity contribution in [3.05, 3.63) is 23.8 Å². The molecule has 4 N–H and O–H groups in total. The minimum atomic E-state index is -8.67. The van der Waals surface area contributed by atoms with Gasteiger partial charge in [0.15, 0.2) is 11.5 Å². The summed E-state index contributed by atoms with van der Waals surface area (Å²) in [5.41, 5.74) is 0.114. The summed E-state index contributed by atoms with van der Waals surface area (Å²) >= 11 is 0. The van der Waals surface area contributed by atoms with Gasteiger partial charge in [0, 0.05) is 19.5 Å². The molecule has 0 aliphatic carbocycles. The Morgan fingerprint density at radius 1 is 0.564 bits per heavy atom. The van der Waals surface area contributed by atoms with E-state index in [1.165, 1.54) is 0 Å². The molecule has 0 radical (unpaired) electrons. The Morgan fingerprint density at radius 3 is 1.38 bits per heavy atom.